The number of rotatable bonds is 5. The van der Waals surface area contributed by atoms with Crippen molar-refractivity contribution in [1.29, 1.82) is 0 Å². The van der Waals surface area contributed by atoms with E-state index in [4.69, 9.17) is 0 Å². The molecule has 0 saturated carbocycles. The Morgan fingerprint density at radius 2 is 2.14 bits per heavy atom. The van der Waals surface area contributed by atoms with Crippen molar-refractivity contribution in [3.05, 3.63) is 36.8 Å². The van der Waals surface area contributed by atoms with Gasteiger partial charge in [0.25, 0.3) is 0 Å². The molecule has 0 unspecified atom stereocenters. The molecule has 114 valence electrons. The van der Waals surface area contributed by atoms with Crippen LogP contribution in [0.25, 0.3) is 11.4 Å². The van der Waals surface area contributed by atoms with Gasteiger partial charge in [0.15, 0.2) is 5.82 Å². The van der Waals surface area contributed by atoms with Gasteiger partial charge in [-0.15, -0.1) is 5.10 Å². The molecule has 3 heterocycles. The summed E-state index contributed by atoms with van der Waals surface area (Å²) in [5, 5.41) is 15.2. The van der Waals surface area contributed by atoms with Crippen molar-refractivity contribution in [3.63, 3.8) is 0 Å². The molecule has 0 radical (unpaired) electrons. The Morgan fingerprint density at radius 3 is 2.82 bits per heavy atom. The van der Waals surface area contributed by atoms with Crippen LogP contribution >= 0.6 is 0 Å². The minimum atomic E-state index is -0.190. The molecule has 0 fully saturated rings. The van der Waals surface area contributed by atoms with Crippen molar-refractivity contribution in [2.24, 2.45) is 7.05 Å². The molecule has 8 heteroatoms. The predicted octanol–water partition coefficient (Wildman–Crippen LogP) is 1.14. The number of nitrogens with zero attached hydrogens (tertiary/aromatic N) is 6. The minimum Gasteiger partial charge on any atom is -0.349 e. The van der Waals surface area contributed by atoms with Gasteiger partial charge in [-0.2, -0.15) is 15.0 Å². The van der Waals surface area contributed by atoms with Crippen LogP contribution in [0.2, 0.25) is 0 Å². The van der Waals surface area contributed by atoms with Crippen LogP contribution in [0.15, 0.2) is 36.8 Å². The summed E-state index contributed by atoms with van der Waals surface area (Å²) in [7, 11) is 1.96. The average molecular weight is 299 g/mol. The summed E-state index contributed by atoms with van der Waals surface area (Å²) in [6.07, 6.45) is 5.27. The Balaban J connectivity index is 1.65. The number of nitrogens with one attached hydrogen (secondary N) is 1. The highest BCUT2D eigenvalue weighted by Crippen LogP contribution is 2.16. The largest absolute Gasteiger partial charge is 0.349 e. The van der Waals surface area contributed by atoms with Crippen molar-refractivity contribution >= 4 is 11.7 Å². The standard InChI is InChI=1S/C14H17N7O/c1-3-21-15-9-13(18-21)16-14(22)10-20-8-6-11(17-20)12-5-4-7-19(12)2/h4-9H,3,10H2,1-2H3,(H,16,18,22). The quantitative estimate of drug-likeness (QED) is 0.766. The Labute approximate surface area is 127 Å². The first-order chi connectivity index (χ1) is 10.7. The molecule has 0 saturated heterocycles. The first-order valence-corrected chi connectivity index (χ1v) is 7.01. The van der Waals surface area contributed by atoms with Crippen molar-refractivity contribution in [1.82, 2.24) is 29.3 Å². The molecule has 0 aliphatic carbocycles. The number of anilines is 1. The Hall–Kier alpha value is -2.90. The molecule has 0 aliphatic heterocycles. The van der Waals surface area contributed by atoms with E-state index < -0.39 is 0 Å². The smallest absolute Gasteiger partial charge is 0.247 e. The summed E-state index contributed by atoms with van der Waals surface area (Å²) in [6, 6.07) is 5.82. The monoisotopic (exact) mass is 299 g/mol. The highest BCUT2D eigenvalue weighted by atomic mass is 16.2. The van der Waals surface area contributed by atoms with Crippen LogP contribution in [0.1, 0.15) is 6.92 Å². The number of hydrogen-bond donors (Lipinski definition) is 1. The predicted molar refractivity (Wildman–Crippen MR) is 81.0 cm³/mol. The lowest BCUT2D eigenvalue weighted by Crippen LogP contribution is -2.19. The number of hydrogen-bond acceptors (Lipinski definition) is 4. The number of carbonyl (C=O) groups excluding carboxylic acids is 1. The Morgan fingerprint density at radius 1 is 1.27 bits per heavy atom. The van der Waals surface area contributed by atoms with Crippen LogP contribution in [-0.4, -0.2) is 35.2 Å². The lowest BCUT2D eigenvalue weighted by Gasteiger charge is -2.02. The maximum atomic E-state index is 12.0. The van der Waals surface area contributed by atoms with Gasteiger partial charge < -0.3 is 9.88 Å². The van der Waals surface area contributed by atoms with E-state index >= 15 is 0 Å². The minimum absolute atomic E-state index is 0.128. The molecule has 1 amide bonds. The number of amides is 1. The molecule has 8 nitrogen and oxygen atoms in total. The topological polar surface area (TPSA) is 82.6 Å². The van der Waals surface area contributed by atoms with Gasteiger partial charge in [-0.1, -0.05) is 0 Å². The third-order valence-electron chi connectivity index (χ3n) is 3.24. The van der Waals surface area contributed by atoms with E-state index in [2.05, 4.69) is 20.6 Å². The molecule has 1 N–H and O–H groups in total. The highest BCUT2D eigenvalue weighted by molar-refractivity contribution is 5.89. The van der Waals surface area contributed by atoms with E-state index in [0.29, 0.717) is 12.4 Å². The van der Waals surface area contributed by atoms with E-state index in [1.165, 1.54) is 11.0 Å². The Bertz CT molecular complexity index is 783. The van der Waals surface area contributed by atoms with Crippen LogP contribution in [0.3, 0.4) is 0 Å². The zero-order chi connectivity index (χ0) is 15.5. The summed E-state index contributed by atoms with van der Waals surface area (Å²) in [5.74, 6) is 0.256. The molecule has 0 bridgehead atoms. The molecule has 0 spiro atoms. The van der Waals surface area contributed by atoms with Gasteiger partial charge in [0.2, 0.25) is 5.91 Å². The van der Waals surface area contributed by atoms with Gasteiger partial charge in [0.05, 0.1) is 18.4 Å². The third kappa shape index (κ3) is 2.90. The summed E-state index contributed by atoms with van der Waals surface area (Å²) in [4.78, 5) is 13.5. The second-order valence-corrected chi connectivity index (χ2v) is 4.87. The average Bonchev–Trinajstić information content (AvgIpc) is 3.20. The van der Waals surface area contributed by atoms with Gasteiger partial charge in [-0.05, 0) is 25.1 Å². The summed E-state index contributed by atoms with van der Waals surface area (Å²) in [5.41, 5.74) is 1.84. The van der Waals surface area contributed by atoms with E-state index in [1.54, 1.807) is 10.9 Å². The van der Waals surface area contributed by atoms with E-state index in [-0.39, 0.29) is 12.5 Å². The Kier molecular flexibility index (Phi) is 3.73. The SMILES string of the molecule is CCn1ncc(NC(=O)Cn2ccc(-c3cccn3C)n2)n1. The van der Waals surface area contributed by atoms with Crippen molar-refractivity contribution in [2.45, 2.75) is 20.0 Å². The molecule has 22 heavy (non-hydrogen) atoms. The van der Waals surface area contributed by atoms with E-state index in [0.717, 1.165) is 11.4 Å². The van der Waals surface area contributed by atoms with Gasteiger partial charge in [0.1, 0.15) is 12.2 Å². The van der Waals surface area contributed by atoms with Crippen molar-refractivity contribution in [2.75, 3.05) is 5.32 Å². The molecular weight excluding hydrogens is 282 g/mol. The lowest BCUT2D eigenvalue weighted by atomic mass is 10.3. The van der Waals surface area contributed by atoms with Crippen LogP contribution < -0.4 is 5.32 Å². The number of carbonyl (C=O) groups is 1. The molecular formula is C14H17N7O. The van der Waals surface area contributed by atoms with E-state index in [9.17, 15) is 4.79 Å². The number of aryl methyl sites for hydroxylation is 2. The van der Waals surface area contributed by atoms with Crippen LogP contribution in [0.5, 0.6) is 0 Å². The second kappa shape index (κ2) is 5.84. The maximum Gasteiger partial charge on any atom is 0.247 e. The first kappa shape index (κ1) is 14.1. The van der Waals surface area contributed by atoms with Gasteiger partial charge in [0, 0.05) is 19.4 Å². The first-order valence-electron chi connectivity index (χ1n) is 7.01. The number of aromatic nitrogens is 6. The summed E-state index contributed by atoms with van der Waals surface area (Å²) >= 11 is 0. The zero-order valence-corrected chi connectivity index (χ0v) is 12.5. The second-order valence-electron chi connectivity index (χ2n) is 4.87. The van der Waals surface area contributed by atoms with Crippen molar-refractivity contribution in [3.8, 4) is 11.4 Å². The maximum absolute atomic E-state index is 12.0. The molecule has 0 atom stereocenters. The van der Waals surface area contributed by atoms with Gasteiger partial charge >= 0.3 is 0 Å². The third-order valence-corrected chi connectivity index (χ3v) is 3.24. The molecule has 3 rings (SSSR count). The summed E-state index contributed by atoms with van der Waals surface area (Å²) < 4.78 is 3.58. The highest BCUT2D eigenvalue weighted by Gasteiger charge is 2.09. The molecule has 3 aromatic heterocycles. The molecule has 3 aromatic rings. The molecule has 0 aromatic carbocycles. The molecule has 0 aliphatic rings. The van der Waals surface area contributed by atoms with Crippen LogP contribution in [0.4, 0.5) is 5.82 Å². The van der Waals surface area contributed by atoms with Crippen molar-refractivity contribution < 1.29 is 4.79 Å². The van der Waals surface area contributed by atoms with Crippen LogP contribution in [-0.2, 0) is 24.9 Å². The van der Waals surface area contributed by atoms with E-state index in [1.807, 2.05) is 42.9 Å². The fourth-order valence-corrected chi connectivity index (χ4v) is 2.15. The fraction of sp³-hybridized carbons (Fsp3) is 0.286. The normalized spacial score (nSPS) is 10.8. The van der Waals surface area contributed by atoms with Crippen LogP contribution in [0, 0.1) is 0 Å². The summed E-state index contributed by atoms with van der Waals surface area (Å²) in [6.45, 7) is 2.72. The van der Waals surface area contributed by atoms with Gasteiger partial charge in [-0.25, -0.2) is 0 Å². The van der Waals surface area contributed by atoms with Gasteiger partial charge in [-0.3, -0.25) is 9.48 Å². The lowest BCUT2D eigenvalue weighted by molar-refractivity contribution is -0.116. The fourth-order valence-electron chi connectivity index (χ4n) is 2.15. The zero-order valence-electron chi connectivity index (χ0n) is 12.5.